The summed E-state index contributed by atoms with van der Waals surface area (Å²) in [5.74, 6) is -2.49. The third kappa shape index (κ3) is 13.8. The van der Waals surface area contributed by atoms with E-state index in [0.717, 1.165) is 5.56 Å². The van der Waals surface area contributed by atoms with Gasteiger partial charge in [-0.2, -0.15) is 0 Å². The molecule has 8 N–H and O–H groups in total. The van der Waals surface area contributed by atoms with Crippen molar-refractivity contribution in [1.82, 2.24) is 10.6 Å². The predicted molar refractivity (Wildman–Crippen MR) is 139 cm³/mol. The van der Waals surface area contributed by atoms with Crippen molar-refractivity contribution in [3.05, 3.63) is 35.9 Å². The molecule has 0 unspecified atom stereocenters. The Balaban J connectivity index is 0.000000700. The van der Waals surface area contributed by atoms with Crippen LogP contribution in [0.2, 0.25) is 0 Å². The predicted octanol–water partition coefficient (Wildman–Crippen LogP) is 1.76. The summed E-state index contributed by atoms with van der Waals surface area (Å²) in [5.41, 5.74) is 12.4. The number of amides is 2. The standard InChI is InChI=1S/C15H22N2O3.C11H22N2O3/c1-10(2)8-13(15(19)20)17-14(18)12(16)9-11-6-4-3-5-7-11;1-6(2)5-8(11(15)16)13-10(14)9(12)7(3)4/h3-7,10,12-13H,8-9,16H2,1-2H3,(H,17,18)(H,19,20);6-9H,5,12H2,1-4H3,(H,13,14)(H,15,16)/t12-,13-;8-,9-/m00/s1. The number of hydrogen-bond donors (Lipinski definition) is 6. The van der Waals surface area contributed by atoms with Crippen molar-refractivity contribution >= 4 is 23.8 Å². The lowest BCUT2D eigenvalue weighted by Gasteiger charge is -2.20. The molecule has 10 heteroatoms. The number of carboxylic acid groups (broad SMARTS) is 2. The van der Waals surface area contributed by atoms with E-state index in [4.69, 9.17) is 21.7 Å². The summed E-state index contributed by atoms with van der Waals surface area (Å²) in [5, 5.41) is 23.0. The molecule has 0 spiro atoms. The summed E-state index contributed by atoms with van der Waals surface area (Å²) in [6.45, 7) is 11.3. The van der Waals surface area contributed by atoms with Crippen LogP contribution < -0.4 is 22.1 Å². The summed E-state index contributed by atoms with van der Waals surface area (Å²) in [6.07, 6.45) is 1.19. The molecule has 4 atom stereocenters. The molecule has 0 fully saturated rings. The highest BCUT2D eigenvalue weighted by molar-refractivity contribution is 5.87. The molecule has 1 rings (SSSR count). The van der Waals surface area contributed by atoms with Gasteiger partial charge in [-0.3, -0.25) is 9.59 Å². The number of carboxylic acids is 2. The van der Waals surface area contributed by atoms with Crippen LogP contribution in [-0.4, -0.2) is 58.1 Å². The lowest BCUT2D eigenvalue weighted by molar-refractivity contribution is -0.142. The second kappa shape index (κ2) is 16.6. The van der Waals surface area contributed by atoms with Crippen LogP contribution in [0.15, 0.2) is 30.3 Å². The number of aliphatic carboxylic acids is 2. The van der Waals surface area contributed by atoms with Gasteiger partial charge in [-0.15, -0.1) is 0 Å². The molecule has 1 aromatic rings. The monoisotopic (exact) mass is 508 g/mol. The Kier molecular flexibility index (Phi) is 15.3. The van der Waals surface area contributed by atoms with E-state index in [2.05, 4.69) is 10.6 Å². The smallest absolute Gasteiger partial charge is 0.326 e. The first-order valence-electron chi connectivity index (χ1n) is 12.3. The van der Waals surface area contributed by atoms with Gasteiger partial charge >= 0.3 is 11.9 Å². The number of rotatable bonds is 13. The van der Waals surface area contributed by atoms with E-state index in [0.29, 0.717) is 19.3 Å². The molecule has 1 aromatic carbocycles. The van der Waals surface area contributed by atoms with Crippen molar-refractivity contribution in [2.24, 2.45) is 29.2 Å². The number of benzene rings is 1. The molecular weight excluding hydrogens is 464 g/mol. The first kappa shape index (κ1) is 33.0. The molecule has 0 heterocycles. The largest absolute Gasteiger partial charge is 0.480 e. The van der Waals surface area contributed by atoms with Crippen LogP contribution in [0.5, 0.6) is 0 Å². The van der Waals surface area contributed by atoms with Crippen LogP contribution in [-0.2, 0) is 25.6 Å². The number of carbonyl (C=O) groups is 4. The van der Waals surface area contributed by atoms with Crippen LogP contribution >= 0.6 is 0 Å². The van der Waals surface area contributed by atoms with Crippen molar-refractivity contribution < 1.29 is 29.4 Å². The van der Waals surface area contributed by atoms with Crippen molar-refractivity contribution in [2.45, 2.75) is 85.0 Å². The van der Waals surface area contributed by atoms with Gasteiger partial charge in [-0.05, 0) is 42.6 Å². The van der Waals surface area contributed by atoms with E-state index >= 15 is 0 Å². The number of carbonyl (C=O) groups excluding carboxylic acids is 2. The molecule has 0 aromatic heterocycles. The van der Waals surface area contributed by atoms with E-state index in [-0.39, 0.29) is 17.8 Å². The number of hydrogen-bond acceptors (Lipinski definition) is 6. The fourth-order valence-electron chi connectivity index (χ4n) is 3.20. The molecular formula is C26H44N4O6. The summed E-state index contributed by atoms with van der Waals surface area (Å²) in [7, 11) is 0. The minimum Gasteiger partial charge on any atom is -0.480 e. The second-order valence-corrected chi connectivity index (χ2v) is 10.1. The van der Waals surface area contributed by atoms with Crippen molar-refractivity contribution in [1.29, 1.82) is 0 Å². The maximum absolute atomic E-state index is 11.9. The summed E-state index contributed by atoms with van der Waals surface area (Å²) < 4.78 is 0. The lowest BCUT2D eigenvalue weighted by Crippen LogP contribution is -2.50. The normalized spacial score (nSPS) is 14.3. The van der Waals surface area contributed by atoms with E-state index in [1.807, 2.05) is 71.9 Å². The second-order valence-electron chi connectivity index (χ2n) is 10.1. The van der Waals surface area contributed by atoms with Crippen LogP contribution in [0.4, 0.5) is 0 Å². The molecule has 36 heavy (non-hydrogen) atoms. The highest BCUT2D eigenvalue weighted by Gasteiger charge is 2.25. The lowest BCUT2D eigenvalue weighted by atomic mass is 10.0. The molecule has 0 aliphatic carbocycles. The van der Waals surface area contributed by atoms with Gasteiger partial charge in [-0.1, -0.05) is 71.9 Å². The summed E-state index contributed by atoms with van der Waals surface area (Å²) >= 11 is 0. The minimum atomic E-state index is -1.03. The Bertz CT molecular complexity index is 829. The van der Waals surface area contributed by atoms with Gasteiger partial charge in [0.25, 0.3) is 0 Å². The Morgan fingerprint density at radius 1 is 0.750 bits per heavy atom. The SMILES string of the molecule is CC(C)C[C@H](NC(=O)[C@@H](N)C(C)C)C(=O)O.CC(C)C[C@H](NC(=O)[C@@H](N)Cc1ccccc1)C(=O)O. The van der Waals surface area contributed by atoms with Crippen molar-refractivity contribution in [3.63, 3.8) is 0 Å². The Morgan fingerprint density at radius 2 is 1.17 bits per heavy atom. The molecule has 0 bridgehead atoms. The fraction of sp³-hybridized carbons (Fsp3) is 0.615. The van der Waals surface area contributed by atoms with Gasteiger partial charge in [0.15, 0.2) is 0 Å². The molecule has 0 aliphatic heterocycles. The van der Waals surface area contributed by atoms with Gasteiger partial charge in [0.1, 0.15) is 12.1 Å². The fourth-order valence-corrected chi connectivity index (χ4v) is 3.20. The average Bonchev–Trinajstić information content (AvgIpc) is 2.77. The van der Waals surface area contributed by atoms with Crippen LogP contribution in [0.1, 0.15) is 59.9 Å². The van der Waals surface area contributed by atoms with Crippen LogP contribution in [0.25, 0.3) is 0 Å². The zero-order valence-electron chi connectivity index (χ0n) is 22.2. The molecule has 0 saturated heterocycles. The van der Waals surface area contributed by atoms with E-state index in [9.17, 15) is 19.2 Å². The zero-order valence-corrected chi connectivity index (χ0v) is 22.2. The molecule has 10 nitrogen and oxygen atoms in total. The third-order valence-electron chi connectivity index (χ3n) is 5.30. The molecule has 0 saturated carbocycles. The molecule has 0 aliphatic rings. The van der Waals surface area contributed by atoms with E-state index in [1.165, 1.54) is 0 Å². The molecule has 204 valence electrons. The number of nitrogens with one attached hydrogen (secondary N) is 2. The molecule has 0 radical (unpaired) electrons. The Labute approximate surface area is 214 Å². The topological polar surface area (TPSA) is 185 Å². The zero-order chi connectivity index (χ0) is 28.0. The average molecular weight is 509 g/mol. The van der Waals surface area contributed by atoms with Gasteiger partial charge in [0.05, 0.1) is 12.1 Å². The highest BCUT2D eigenvalue weighted by atomic mass is 16.4. The van der Waals surface area contributed by atoms with Gasteiger partial charge in [0, 0.05) is 0 Å². The van der Waals surface area contributed by atoms with Gasteiger partial charge < -0.3 is 32.3 Å². The van der Waals surface area contributed by atoms with Crippen molar-refractivity contribution in [2.75, 3.05) is 0 Å². The first-order chi connectivity index (χ1) is 16.6. The van der Waals surface area contributed by atoms with Gasteiger partial charge in [-0.25, -0.2) is 9.59 Å². The van der Waals surface area contributed by atoms with E-state index < -0.39 is 47.9 Å². The number of nitrogens with two attached hydrogens (primary N) is 2. The first-order valence-corrected chi connectivity index (χ1v) is 12.3. The Morgan fingerprint density at radius 3 is 1.53 bits per heavy atom. The van der Waals surface area contributed by atoms with Crippen LogP contribution in [0.3, 0.4) is 0 Å². The summed E-state index contributed by atoms with van der Waals surface area (Å²) in [6, 6.07) is 6.27. The minimum absolute atomic E-state index is 0.00602. The molecule has 2 amide bonds. The quantitative estimate of drug-likeness (QED) is 0.233. The third-order valence-corrected chi connectivity index (χ3v) is 5.30. The Hall–Kier alpha value is -2.98. The van der Waals surface area contributed by atoms with Gasteiger partial charge in [0.2, 0.25) is 11.8 Å². The highest BCUT2D eigenvalue weighted by Crippen LogP contribution is 2.08. The maximum Gasteiger partial charge on any atom is 0.326 e. The van der Waals surface area contributed by atoms with Crippen molar-refractivity contribution in [3.8, 4) is 0 Å². The maximum atomic E-state index is 11.9. The van der Waals surface area contributed by atoms with Crippen LogP contribution in [0, 0.1) is 17.8 Å². The van der Waals surface area contributed by atoms with E-state index in [1.54, 1.807) is 0 Å². The summed E-state index contributed by atoms with van der Waals surface area (Å²) in [4.78, 5) is 45.5.